The Kier molecular flexibility index (Phi) is 5.30. The number of hydrogen-bond acceptors (Lipinski definition) is 3. The molecular formula is C27H31F3O3. The molecule has 0 amide bonds. The number of esters is 1. The molecule has 6 atom stereocenters. The minimum atomic E-state index is -4.43. The van der Waals surface area contributed by atoms with Crippen molar-refractivity contribution in [1.82, 2.24) is 0 Å². The van der Waals surface area contributed by atoms with Crippen molar-refractivity contribution < 1.29 is 27.5 Å². The molecular weight excluding hydrogens is 429 g/mol. The van der Waals surface area contributed by atoms with E-state index < -0.39 is 17.7 Å². The van der Waals surface area contributed by atoms with Gasteiger partial charge in [-0.15, -0.1) is 0 Å². The van der Waals surface area contributed by atoms with Crippen LogP contribution in [0.15, 0.2) is 35.9 Å². The van der Waals surface area contributed by atoms with Gasteiger partial charge in [0.1, 0.15) is 6.10 Å². The Bertz CT molecular complexity index is 995. The van der Waals surface area contributed by atoms with E-state index in [9.17, 15) is 22.8 Å². The predicted molar refractivity (Wildman–Crippen MR) is 117 cm³/mol. The summed E-state index contributed by atoms with van der Waals surface area (Å²) in [5.74, 6) is 1.32. The summed E-state index contributed by atoms with van der Waals surface area (Å²) < 4.78 is 44.4. The van der Waals surface area contributed by atoms with Crippen LogP contribution in [0.25, 0.3) is 0 Å². The van der Waals surface area contributed by atoms with E-state index in [0.717, 1.165) is 57.1 Å². The van der Waals surface area contributed by atoms with Crippen molar-refractivity contribution in [1.29, 1.82) is 0 Å². The van der Waals surface area contributed by atoms with Crippen LogP contribution in [0.2, 0.25) is 0 Å². The molecule has 3 nitrogen and oxygen atoms in total. The van der Waals surface area contributed by atoms with E-state index >= 15 is 0 Å². The molecule has 178 valence electrons. The first-order chi connectivity index (χ1) is 15.5. The number of allylic oxidation sites excluding steroid dienone is 1. The minimum absolute atomic E-state index is 0.104. The predicted octanol–water partition coefficient (Wildman–Crippen LogP) is 6.76. The van der Waals surface area contributed by atoms with Crippen LogP contribution in [0.4, 0.5) is 13.2 Å². The van der Waals surface area contributed by atoms with Gasteiger partial charge in [-0.3, -0.25) is 4.79 Å². The van der Waals surface area contributed by atoms with Crippen molar-refractivity contribution in [2.24, 2.45) is 28.6 Å². The molecule has 0 bridgehead atoms. The monoisotopic (exact) mass is 460 g/mol. The molecule has 0 spiro atoms. The highest BCUT2D eigenvalue weighted by Crippen LogP contribution is 2.65. The van der Waals surface area contributed by atoms with E-state index in [1.807, 2.05) is 6.08 Å². The maximum Gasteiger partial charge on any atom is 0.416 e. The molecule has 1 aromatic rings. The van der Waals surface area contributed by atoms with Gasteiger partial charge in [-0.25, -0.2) is 4.79 Å². The topological polar surface area (TPSA) is 43.4 Å². The van der Waals surface area contributed by atoms with E-state index in [0.29, 0.717) is 24.2 Å². The second kappa shape index (κ2) is 7.71. The second-order valence-corrected chi connectivity index (χ2v) is 11.1. The fourth-order valence-electron chi connectivity index (χ4n) is 7.70. The number of halogens is 3. The zero-order valence-electron chi connectivity index (χ0n) is 19.2. The van der Waals surface area contributed by atoms with Crippen molar-refractivity contribution in [3.05, 3.63) is 47.0 Å². The smallest absolute Gasteiger partial charge is 0.416 e. The quantitative estimate of drug-likeness (QED) is 0.458. The number of carbonyl (C=O) groups is 2. The first-order valence-corrected chi connectivity index (χ1v) is 12.1. The molecule has 3 saturated carbocycles. The summed E-state index contributed by atoms with van der Waals surface area (Å²) in [6.07, 6.45) is 4.76. The largest absolute Gasteiger partial charge is 0.458 e. The lowest BCUT2D eigenvalue weighted by Gasteiger charge is -2.57. The molecule has 0 unspecified atom stereocenters. The molecule has 0 aromatic heterocycles. The first kappa shape index (κ1) is 22.7. The number of alkyl halides is 3. The summed E-state index contributed by atoms with van der Waals surface area (Å²) in [7, 11) is 0. The molecule has 0 saturated heterocycles. The summed E-state index contributed by atoms with van der Waals surface area (Å²) in [5, 5.41) is 0. The van der Waals surface area contributed by atoms with Gasteiger partial charge in [-0.05, 0) is 98.5 Å². The Morgan fingerprint density at radius 1 is 0.970 bits per heavy atom. The lowest BCUT2D eigenvalue weighted by Crippen LogP contribution is -2.51. The summed E-state index contributed by atoms with van der Waals surface area (Å²) in [5.41, 5.74) is 0.731. The summed E-state index contributed by atoms with van der Waals surface area (Å²) in [4.78, 5) is 24.8. The maximum absolute atomic E-state index is 12.8. The maximum atomic E-state index is 12.8. The second-order valence-electron chi connectivity index (χ2n) is 11.1. The molecule has 0 radical (unpaired) electrons. The number of ketones is 1. The number of hydrogen-bond donors (Lipinski definition) is 0. The normalized spacial score (nSPS) is 38.1. The highest BCUT2D eigenvalue weighted by Gasteiger charge is 2.60. The number of benzene rings is 1. The lowest BCUT2D eigenvalue weighted by atomic mass is 9.47. The van der Waals surface area contributed by atoms with Crippen LogP contribution in [-0.4, -0.2) is 17.9 Å². The van der Waals surface area contributed by atoms with Crippen molar-refractivity contribution >= 4 is 11.8 Å². The average Bonchev–Trinajstić information content (AvgIpc) is 3.10. The fraction of sp³-hybridized carbons (Fsp3) is 0.630. The van der Waals surface area contributed by atoms with Gasteiger partial charge in [0.05, 0.1) is 11.1 Å². The number of ether oxygens (including phenoxy) is 1. The third-order valence-corrected chi connectivity index (χ3v) is 9.57. The molecule has 1 aromatic carbocycles. The van der Waals surface area contributed by atoms with Crippen LogP contribution in [0.3, 0.4) is 0 Å². The third-order valence-electron chi connectivity index (χ3n) is 9.57. The van der Waals surface area contributed by atoms with Crippen LogP contribution in [0.1, 0.15) is 81.1 Å². The van der Waals surface area contributed by atoms with Crippen LogP contribution >= 0.6 is 0 Å². The third kappa shape index (κ3) is 3.64. The minimum Gasteiger partial charge on any atom is -0.458 e. The fourth-order valence-corrected chi connectivity index (χ4v) is 7.70. The molecule has 4 aliphatic carbocycles. The zero-order chi connectivity index (χ0) is 23.6. The highest BCUT2D eigenvalue weighted by molar-refractivity contribution is 5.91. The Hall–Kier alpha value is -2.11. The number of carbonyl (C=O) groups excluding carboxylic acids is 2. The Morgan fingerprint density at radius 3 is 2.39 bits per heavy atom. The van der Waals surface area contributed by atoms with Crippen LogP contribution < -0.4 is 0 Å². The van der Waals surface area contributed by atoms with Crippen LogP contribution in [-0.2, 0) is 15.7 Å². The molecule has 6 heteroatoms. The lowest BCUT2D eigenvalue weighted by molar-refractivity contribution is -0.137. The van der Waals surface area contributed by atoms with Gasteiger partial charge in [0.25, 0.3) is 0 Å². The van der Waals surface area contributed by atoms with E-state index in [2.05, 4.69) is 13.8 Å². The Balaban J connectivity index is 1.32. The molecule has 0 aliphatic heterocycles. The number of fused-ring (bicyclic) bond motifs is 5. The molecule has 5 rings (SSSR count). The first-order valence-electron chi connectivity index (χ1n) is 12.1. The van der Waals surface area contributed by atoms with E-state index in [4.69, 9.17) is 4.74 Å². The summed E-state index contributed by atoms with van der Waals surface area (Å²) in [6.45, 7) is 4.59. The molecule has 3 fully saturated rings. The Labute approximate surface area is 192 Å². The van der Waals surface area contributed by atoms with Crippen LogP contribution in [0, 0.1) is 28.6 Å². The van der Waals surface area contributed by atoms with Crippen molar-refractivity contribution in [3.8, 4) is 0 Å². The summed E-state index contributed by atoms with van der Waals surface area (Å²) in [6, 6.07) is 4.28. The van der Waals surface area contributed by atoms with Crippen molar-refractivity contribution in [2.75, 3.05) is 0 Å². The molecule has 0 N–H and O–H groups in total. The van der Waals surface area contributed by atoms with Gasteiger partial charge in [0, 0.05) is 11.8 Å². The van der Waals surface area contributed by atoms with E-state index in [1.165, 1.54) is 17.7 Å². The average molecular weight is 461 g/mol. The Morgan fingerprint density at radius 2 is 1.70 bits per heavy atom. The van der Waals surface area contributed by atoms with E-state index in [-0.39, 0.29) is 28.3 Å². The standard InChI is InChI=1S/C27H31F3O3/c1-25-13-11-19(31)15-18(25)7-8-20-21-9-10-23(26(21,2)14-12-22(20)25)33-24(32)16-3-5-17(6-4-16)27(28,29)30/h3-6,15,20-23H,7-14H2,1-2H3/t20-,21-,22-,23-,25-,26-/m0/s1. The zero-order valence-corrected chi connectivity index (χ0v) is 19.2. The van der Waals surface area contributed by atoms with Crippen molar-refractivity contribution in [2.45, 2.75) is 77.5 Å². The van der Waals surface area contributed by atoms with Gasteiger partial charge in [-0.2, -0.15) is 13.2 Å². The highest BCUT2D eigenvalue weighted by atomic mass is 19.4. The van der Waals surface area contributed by atoms with Gasteiger partial charge in [-0.1, -0.05) is 19.4 Å². The SMILES string of the molecule is C[C@]12CC[C@H]3[C@@H](CCC4=CC(=O)CC[C@@]43C)[C@@H]1CC[C@@H]2OC(=O)c1ccc(C(F)(F)F)cc1. The van der Waals surface area contributed by atoms with Crippen LogP contribution in [0.5, 0.6) is 0 Å². The van der Waals surface area contributed by atoms with Gasteiger partial charge in [0.2, 0.25) is 0 Å². The van der Waals surface area contributed by atoms with Gasteiger partial charge >= 0.3 is 12.1 Å². The van der Waals surface area contributed by atoms with Crippen molar-refractivity contribution in [3.63, 3.8) is 0 Å². The van der Waals surface area contributed by atoms with E-state index in [1.54, 1.807) is 0 Å². The van der Waals surface area contributed by atoms with Gasteiger partial charge in [0.15, 0.2) is 5.78 Å². The molecule has 33 heavy (non-hydrogen) atoms. The molecule has 0 heterocycles. The number of rotatable bonds is 2. The summed E-state index contributed by atoms with van der Waals surface area (Å²) >= 11 is 0. The molecule has 4 aliphatic rings. The van der Waals surface area contributed by atoms with Gasteiger partial charge < -0.3 is 4.74 Å².